The lowest BCUT2D eigenvalue weighted by molar-refractivity contribution is -0.137. The van der Waals surface area contributed by atoms with E-state index in [4.69, 9.17) is 5.11 Å². The second-order valence-corrected chi connectivity index (χ2v) is 6.56. The maximum absolute atomic E-state index is 12.0. The number of unbranched alkanes of at least 4 members (excludes halogenated alkanes) is 1. The van der Waals surface area contributed by atoms with Crippen molar-refractivity contribution in [2.75, 3.05) is 13.6 Å². The van der Waals surface area contributed by atoms with E-state index in [9.17, 15) is 13.2 Å². The van der Waals surface area contributed by atoms with Crippen LogP contribution in [0.15, 0.2) is 0 Å². The number of rotatable bonds is 9. The molecule has 0 aliphatic carbocycles. The average molecular weight is 280 g/mol. The van der Waals surface area contributed by atoms with Gasteiger partial charge >= 0.3 is 5.97 Å². The zero-order valence-electron chi connectivity index (χ0n) is 11.5. The topological polar surface area (TPSA) is 86.7 Å². The van der Waals surface area contributed by atoms with Gasteiger partial charge in [-0.2, -0.15) is 17.4 Å². The first-order valence-electron chi connectivity index (χ1n) is 6.16. The minimum absolute atomic E-state index is 0.0737. The van der Waals surface area contributed by atoms with Crippen LogP contribution >= 0.6 is 0 Å². The molecule has 0 heterocycles. The molecule has 2 N–H and O–H groups in total. The quantitative estimate of drug-likeness (QED) is 0.661. The Bertz CT molecular complexity index is 354. The van der Waals surface area contributed by atoms with Crippen LogP contribution in [0.3, 0.4) is 0 Å². The van der Waals surface area contributed by atoms with E-state index in [0.29, 0.717) is 6.54 Å². The highest BCUT2D eigenvalue weighted by molar-refractivity contribution is 7.87. The molecule has 0 spiro atoms. The normalized spacial score (nSPS) is 14.1. The Hall–Kier alpha value is -0.660. The molecule has 0 aromatic heterocycles. The van der Waals surface area contributed by atoms with Gasteiger partial charge in [-0.05, 0) is 12.3 Å². The summed E-state index contributed by atoms with van der Waals surface area (Å²) in [6, 6.07) is -0.587. The summed E-state index contributed by atoms with van der Waals surface area (Å²) in [5.74, 6) is -1.08. The van der Waals surface area contributed by atoms with Crippen LogP contribution in [0.25, 0.3) is 0 Å². The molecular weight excluding hydrogens is 256 g/mol. The smallest absolute Gasteiger partial charge is 0.304 e. The number of aliphatic carboxylic acids is 1. The minimum Gasteiger partial charge on any atom is -0.481 e. The maximum atomic E-state index is 12.0. The van der Waals surface area contributed by atoms with E-state index in [1.165, 1.54) is 11.4 Å². The molecule has 0 aromatic carbocycles. The molecule has 6 nitrogen and oxygen atoms in total. The number of carboxylic acid groups (broad SMARTS) is 1. The van der Waals surface area contributed by atoms with Crippen molar-refractivity contribution in [1.29, 1.82) is 0 Å². The van der Waals surface area contributed by atoms with Crippen LogP contribution in [0.5, 0.6) is 0 Å². The predicted octanol–water partition coefficient (Wildman–Crippen LogP) is 1.05. The summed E-state index contributed by atoms with van der Waals surface area (Å²) in [5, 5.41) is 8.76. The standard InChI is InChI=1S/C11H24N2O4S/c1-5-6-7-13(4)18(16,17)12-10(9(2)3)8-11(14)15/h9-10,12H,5-8H2,1-4H3,(H,14,15). The van der Waals surface area contributed by atoms with Gasteiger partial charge in [0.05, 0.1) is 6.42 Å². The summed E-state index contributed by atoms with van der Waals surface area (Å²) in [6.45, 7) is 6.00. The largest absolute Gasteiger partial charge is 0.481 e. The Labute approximate surface area is 110 Å². The zero-order valence-corrected chi connectivity index (χ0v) is 12.3. The van der Waals surface area contributed by atoms with Crippen molar-refractivity contribution < 1.29 is 18.3 Å². The number of nitrogens with zero attached hydrogens (tertiary/aromatic N) is 1. The maximum Gasteiger partial charge on any atom is 0.304 e. The second kappa shape index (κ2) is 7.70. The number of hydrogen-bond acceptors (Lipinski definition) is 3. The van der Waals surface area contributed by atoms with Crippen molar-refractivity contribution in [1.82, 2.24) is 9.03 Å². The van der Waals surface area contributed by atoms with Crippen LogP contribution in [-0.4, -0.2) is 43.4 Å². The van der Waals surface area contributed by atoms with Crippen LogP contribution in [0.1, 0.15) is 40.0 Å². The molecule has 1 atom stereocenters. The first kappa shape index (κ1) is 17.3. The third-order valence-corrected chi connectivity index (χ3v) is 4.34. The molecule has 0 fully saturated rings. The van der Waals surface area contributed by atoms with E-state index >= 15 is 0 Å². The fourth-order valence-electron chi connectivity index (χ4n) is 1.38. The van der Waals surface area contributed by atoms with E-state index in [1.54, 1.807) is 13.8 Å². The summed E-state index contributed by atoms with van der Waals surface area (Å²) in [7, 11) is -2.11. The Balaban J connectivity index is 4.64. The highest BCUT2D eigenvalue weighted by Crippen LogP contribution is 2.09. The Morgan fingerprint density at radius 2 is 1.94 bits per heavy atom. The van der Waals surface area contributed by atoms with Crippen LogP contribution in [-0.2, 0) is 15.0 Å². The number of carbonyl (C=O) groups is 1. The van der Waals surface area contributed by atoms with Crippen molar-refractivity contribution in [2.24, 2.45) is 5.92 Å². The molecule has 0 aliphatic heterocycles. The van der Waals surface area contributed by atoms with Crippen molar-refractivity contribution in [3.05, 3.63) is 0 Å². The number of nitrogens with one attached hydrogen (secondary N) is 1. The summed E-state index contributed by atoms with van der Waals surface area (Å²) in [6.07, 6.45) is 1.48. The van der Waals surface area contributed by atoms with Gasteiger partial charge in [-0.25, -0.2) is 0 Å². The van der Waals surface area contributed by atoms with Crippen LogP contribution in [0.2, 0.25) is 0 Å². The van der Waals surface area contributed by atoms with Crippen LogP contribution < -0.4 is 4.72 Å². The number of hydrogen-bond donors (Lipinski definition) is 2. The monoisotopic (exact) mass is 280 g/mol. The lowest BCUT2D eigenvalue weighted by Gasteiger charge is -2.24. The second-order valence-electron chi connectivity index (χ2n) is 4.75. The Morgan fingerprint density at radius 3 is 2.33 bits per heavy atom. The van der Waals surface area contributed by atoms with E-state index in [0.717, 1.165) is 12.8 Å². The summed E-state index contributed by atoms with van der Waals surface area (Å²) >= 11 is 0. The van der Waals surface area contributed by atoms with Crippen LogP contribution in [0.4, 0.5) is 0 Å². The van der Waals surface area contributed by atoms with Crippen LogP contribution in [0, 0.1) is 5.92 Å². The molecule has 0 saturated carbocycles. The first-order chi connectivity index (χ1) is 8.20. The molecule has 0 rings (SSSR count). The SMILES string of the molecule is CCCCN(C)S(=O)(=O)NC(CC(=O)O)C(C)C. The molecule has 7 heteroatoms. The van der Waals surface area contributed by atoms with E-state index in [1.807, 2.05) is 6.92 Å². The van der Waals surface area contributed by atoms with E-state index in [-0.39, 0.29) is 12.3 Å². The Kier molecular flexibility index (Phi) is 7.42. The van der Waals surface area contributed by atoms with Gasteiger partial charge in [0, 0.05) is 19.6 Å². The predicted molar refractivity (Wildman–Crippen MR) is 70.5 cm³/mol. The van der Waals surface area contributed by atoms with E-state index in [2.05, 4.69) is 4.72 Å². The minimum atomic E-state index is -3.60. The van der Waals surface area contributed by atoms with Crippen molar-refractivity contribution >= 4 is 16.2 Å². The van der Waals surface area contributed by atoms with Gasteiger partial charge in [-0.3, -0.25) is 4.79 Å². The van der Waals surface area contributed by atoms with Crippen molar-refractivity contribution in [2.45, 2.75) is 46.1 Å². The zero-order chi connectivity index (χ0) is 14.3. The molecule has 108 valence electrons. The fourth-order valence-corrected chi connectivity index (χ4v) is 2.67. The van der Waals surface area contributed by atoms with Gasteiger partial charge < -0.3 is 5.11 Å². The summed E-state index contributed by atoms with van der Waals surface area (Å²) < 4.78 is 27.6. The molecule has 0 bridgehead atoms. The molecule has 0 saturated heterocycles. The molecule has 0 amide bonds. The molecule has 0 radical (unpaired) electrons. The van der Waals surface area contributed by atoms with Gasteiger partial charge in [0.1, 0.15) is 0 Å². The van der Waals surface area contributed by atoms with Gasteiger partial charge in [0.2, 0.25) is 0 Å². The first-order valence-corrected chi connectivity index (χ1v) is 7.60. The van der Waals surface area contributed by atoms with E-state index < -0.39 is 22.2 Å². The van der Waals surface area contributed by atoms with Gasteiger partial charge in [-0.1, -0.05) is 27.2 Å². The Morgan fingerprint density at radius 1 is 1.39 bits per heavy atom. The average Bonchev–Trinajstić information content (AvgIpc) is 2.23. The lowest BCUT2D eigenvalue weighted by Crippen LogP contribution is -2.46. The molecular formula is C11H24N2O4S. The van der Waals surface area contributed by atoms with Gasteiger partial charge in [0.25, 0.3) is 10.2 Å². The number of carboxylic acids is 1. The highest BCUT2D eigenvalue weighted by Gasteiger charge is 2.25. The van der Waals surface area contributed by atoms with Crippen molar-refractivity contribution in [3.63, 3.8) is 0 Å². The molecule has 0 aromatic rings. The third-order valence-electron chi connectivity index (χ3n) is 2.74. The summed E-state index contributed by atoms with van der Waals surface area (Å²) in [4.78, 5) is 10.7. The molecule has 0 aliphatic rings. The molecule has 18 heavy (non-hydrogen) atoms. The summed E-state index contributed by atoms with van der Waals surface area (Å²) in [5.41, 5.74) is 0. The molecule has 1 unspecified atom stereocenters. The van der Waals surface area contributed by atoms with Gasteiger partial charge in [-0.15, -0.1) is 0 Å². The van der Waals surface area contributed by atoms with Gasteiger partial charge in [0.15, 0.2) is 0 Å². The third kappa shape index (κ3) is 6.32. The fraction of sp³-hybridized carbons (Fsp3) is 0.909. The highest BCUT2D eigenvalue weighted by atomic mass is 32.2. The van der Waals surface area contributed by atoms with Crippen molar-refractivity contribution in [3.8, 4) is 0 Å². The lowest BCUT2D eigenvalue weighted by atomic mass is 10.0.